The van der Waals surface area contributed by atoms with Crippen molar-refractivity contribution in [3.63, 3.8) is 0 Å². The van der Waals surface area contributed by atoms with Gasteiger partial charge in [0.1, 0.15) is 17.6 Å². The third-order valence-electron chi connectivity index (χ3n) is 3.28. The van der Waals surface area contributed by atoms with Gasteiger partial charge in [0, 0.05) is 16.7 Å². The van der Waals surface area contributed by atoms with Crippen LogP contribution >= 0.6 is 11.6 Å². The van der Waals surface area contributed by atoms with Crippen molar-refractivity contribution in [1.82, 2.24) is 0 Å². The Kier molecular flexibility index (Phi) is 4.04. The van der Waals surface area contributed by atoms with Gasteiger partial charge >= 0.3 is 6.16 Å². The van der Waals surface area contributed by atoms with Gasteiger partial charge in [0.25, 0.3) is 0 Å². The molecule has 3 rings (SSSR count). The maximum Gasteiger partial charge on any atom is 0.513 e. The van der Waals surface area contributed by atoms with Crippen molar-refractivity contribution >= 4 is 28.7 Å². The van der Waals surface area contributed by atoms with E-state index in [2.05, 4.69) is 4.74 Å². The highest BCUT2D eigenvalue weighted by atomic mass is 35.5. The Morgan fingerprint density at radius 2 is 1.91 bits per heavy atom. The zero-order chi connectivity index (χ0) is 16.4. The summed E-state index contributed by atoms with van der Waals surface area (Å²) in [5.41, 5.74) is 1.04. The Balaban J connectivity index is 2.10. The summed E-state index contributed by atoms with van der Waals surface area (Å²) in [5, 5.41) is 0.824. The zero-order valence-electron chi connectivity index (χ0n) is 12.0. The van der Waals surface area contributed by atoms with Gasteiger partial charge in [0.15, 0.2) is 0 Å². The Bertz CT molecular complexity index is 945. The fraction of sp³-hybridized carbons (Fsp3) is 0.0588. The van der Waals surface area contributed by atoms with Gasteiger partial charge in [-0.25, -0.2) is 4.79 Å². The molecule has 0 amide bonds. The normalized spacial score (nSPS) is 10.5. The van der Waals surface area contributed by atoms with Crippen molar-refractivity contribution in [3.05, 3.63) is 64.0 Å². The maximum absolute atomic E-state index is 12.6. The molecule has 0 aliphatic heterocycles. The van der Waals surface area contributed by atoms with Gasteiger partial charge in [0.2, 0.25) is 5.43 Å². The minimum absolute atomic E-state index is 0.219. The van der Waals surface area contributed by atoms with Gasteiger partial charge in [0.05, 0.1) is 18.1 Å². The molecule has 0 aliphatic carbocycles. The van der Waals surface area contributed by atoms with E-state index in [-0.39, 0.29) is 11.2 Å². The maximum atomic E-state index is 12.6. The van der Waals surface area contributed by atoms with Gasteiger partial charge in [-0.15, -0.1) is 0 Å². The molecule has 6 heteroatoms. The molecule has 0 spiro atoms. The zero-order valence-corrected chi connectivity index (χ0v) is 12.8. The predicted molar refractivity (Wildman–Crippen MR) is 86.0 cm³/mol. The summed E-state index contributed by atoms with van der Waals surface area (Å²) >= 11 is 6.13. The van der Waals surface area contributed by atoms with Crippen LogP contribution in [0.15, 0.2) is 57.9 Å². The molecule has 1 aromatic heterocycles. The fourth-order valence-corrected chi connectivity index (χ4v) is 2.41. The first-order valence-electron chi connectivity index (χ1n) is 6.66. The molecule has 0 atom stereocenters. The molecule has 0 saturated carbocycles. The molecule has 0 N–H and O–H groups in total. The van der Waals surface area contributed by atoms with Crippen molar-refractivity contribution in [2.75, 3.05) is 7.11 Å². The monoisotopic (exact) mass is 330 g/mol. The highest BCUT2D eigenvalue weighted by molar-refractivity contribution is 6.33. The van der Waals surface area contributed by atoms with E-state index in [9.17, 15) is 9.59 Å². The Morgan fingerprint density at radius 1 is 1.13 bits per heavy atom. The summed E-state index contributed by atoms with van der Waals surface area (Å²) < 4.78 is 14.8. The van der Waals surface area contributed by atoms with Crippen molar-refractivity contribution in [2.45, 2.75) is 0 Å². The second kappa shape index (κ2) is 6.14. The molecule has 0 fully saturated rings. The minimum atomic E-state index is -0.848. The number of carbonyl (C=O) groups excluding carboxylic acids is 1. The molecular formula is C17H11ClO5. The highest BCUT2D eigenvalue weighted by Crippen LogP contribution is 2.27. The first-order chi connectivity index (χ1) is 11.1. The number of benzene rings is 2. The van der Waals surface area contributed by atoms with E-state index in [1.165, 1.54) is 31.6 Å². The lowest BCUT2D eigenvalue weighted by Gasteiger charge is -2.06. The van der Waals surface area contributed by atoms with E-state index in [1.807, 2.05) is 0 Å². The number of ether oxygens (including phenoxy) is 2. The molecule has 0 aliphatic rings. The smallest absolute Gasteiger partial charge is 0.463 e. The average molecular weight is 331 g/mol. The van der Waals surface area contributed by atoms with Gasteiger partial charge in [-0.2, -0.15) is 0 Å². The van der Waals surface area contributed by atoms with Crippen LogP contribution in [0.4, 0.5) is 4.79 Å². The quantitative estimate of drug-likeness (QED) is 0.519. The summed E-state index contributed by atoms with van der Waals surface area (Å²) in [6, 6.07) is 11.5. The standard InChI is InChI=1S/C17H11ClO5/c1-21-17(20)23-10-6-7-12-15(8-10)22-9-13(16(12)19)11-4-2-3-5-14(11)18/h2-9H,1H3. The number of hydrogen-bond acceptors (Lipinski definition) is 5. The average Bonchev–Trinajstić information content (AvgIpc) is 2.56. The second-order valence-corrected chi connectivity index (χ2v) is 5.08. The number of fused-ring (bicyclic) bond motifs is 1. The molecule has 0 saturated heterocycles. The largest absolute Gasteiger partial charge is 0.513 e. The number of methoxy groups -OCH3 is 1. The van der Waals surface area contributed by atoms with Crippen LogP contribution in [0.2, 0.25) is 5.02 Å². The first kappa shape index (κ1) is 15.1. The molecule has 0 bridgehead atoms. The summed E-state index contributed by atoms with van der Waals surface area (Å²) in [4.78, 5) is 23.7. The number of rotatable bonds is 2. The molecule has 0 unspecified atom stereocenters. The van der Waals surface area contributed by atoms with Crippen LogP contribution in [0.3, 0.4) is 0 Å². The summed E-state index contributed by atoms with van der Waals surface area (Å²) in [6.07, 6.45) is 0.493. The third kappa shape index (κ3) is 2.91. The fourth-order valence-electron chi connectivity index (χ4n) is 2.18. The van der Waals surface area contributed by atoms with E-state index in [0.717, 1.165) is 0 Å². The molecule has 2 aromatic carbocycles. The van der Waals surface area contributed by atoms with Crippen LogP contribution in [0.5, 0.6) is 5.75 Å². The highest BCUT2D eigenvalue weighted by Gasteiger charge is 2.13. The van der Waals surface area contributed by atoms with Crippen LogP contribution in [0, 0.1) is 0 Å². The first-order valence-corrected chi connectivity index (χ1v) is 7.04. The Morgan fingerprint density at radius 3 is 2.65 bits per heavy atom. The molecule has 5 nitrogen and oxygen atoms in total. The van der Waals surface area contributed by atoms with Crippen LogP contribution in [0.1, 0.15) is 0 Å². The van der Waals surface area contributed by atoms with E-state index in [4.69, 9.17) is 20.8 Å². The SMILES string of the molecule is COC(=O)Oc1ccc2c(=O)c(-c3ccccc3Cl)coc2c1. The molecule has 3 aromatic rings. The molecule has 1 heterocycles. The van der Waals surface area contributed by atoms with Crippen molar-refractivity contribution < 1.29 is 18.7 Å². The topological polar surface area (TPSA) is 65.7 Å². The van der Waals surface area contributed by atoms with Gasteiger partial charge < -0.3 is 13.9 Å². The Labute approximate surface area is 136 Å². The summed E-state index contributed by atoms with van der Waals surface area (Å²) in [5.74, 6) is 0.220. The van der Waals surface area contributed by atoms with Gasteiger partial charge in [-0.05, 0) is 18.2 Å². The number of carbonyl (C=O) groups is 1. The number of hydrogen-bond donors (Lipinski definition) is 0. The third-order valence-corrected chi connectivity index (χ3v) is 3.61. The van der Waals surface area contributed by atoms with Crippen molar-refractivity contribution in [1.29, 1.82) is 0 Å². The Hall–Kier alpha value is -2.79. The lowest BCUT2D eigenvalue weighted by molar-refractivity contribution is 0.121. The second-order valence-electron chi connectivity index (χ2n) is 4.67. The molecule has 23 heavy (non-hydrogen) atoms. The molecule has 116 valence electrons. The van der Waals surface area contributed by atoms with Gasteiger partial charge in [-0.3, -0.25) is 4.79 Å². The van der Waals surface area contributed by atoms with Crippen LogP contribution in [-0.2, 0) is 4.74 Å². The van der Waals surface area contributed by atoms with Crippen LogP contribution < -0.4 is 10.2 Å². The van der Waals surface area contributed by atoms with E-state index >= 15 is 0 Å². The van der Waals surface area contributed by atoms with Crippen LogP contribution in [0.25, 0.3) is 22.1 Å². The summed E-state index contributed by atoms with van der Waals surface area (Å²) in [6.45, 7) is 0. The van der Waals surface area contributed by atoms with E-state index in [1.54, 1.807) is 24.3 Å². The van der Waals surface area contributed by atoms with E-state index < -0.39 is 6.16 Å². The predicted octanol–water partition coefficient (Wildman–Crippen LogP) is 4.26. The van der Waals surface area contributed by atoms with Crippen molar-refractivity contribution in [2.24, 2.45) is 0 Å². The lowest BCUT2D eigenvalue weighted by atomic mass is 10.1. The van der Waals surface area contributed by atoms with Crippen LogP contribution in [-0.4, -0.2) is 13.3 Å². The minimum Gasteiger partial charge on any atom is -0.463 e. The number of halogens is 1. The summed E-state index contributed by atoms with van der Waals surface area (Å²) in [7, 11) is 1.21. The molecule has 0 radical (unpaired) electrons. The van der Waals surface area contributed by atoms with Gasteiger partial charge in [-0.1, -0.05) is 29.8 Å². The molecular weight excluding hydrogens is 320 g/mol. The van der Waals surface area contributed by atoms with Crippen molar-refractivity contribution in [3.8, 4) is 16.9 Å². The lowest BCUT2D eigenvalue weighted by Crippen LogP contribution is -2.08. The van der Waals surface area contributed by atoms with E-state index in [0.29, 0.717) is 27.1 Å².